The van der Waals surface area contributed by atoms with Gasteiger partial charge in [-0.05, 0) is 24.3 Å². The second-order valence-corrected chi connectivity index (χ2v) is 8.98. The Kier molecular flexibility index (Phi) is 6.73. The number of nitrogens with zero attached hydrogens (tertiary/aromatic N) is 3. The minimum absolute atomic E-state index is 0.157. The number of rotatable bonds is 6. The Morgan fingerprint density at radius 3 is 2.54 bits per heavy atom. The van der Waals surface area contributed by atoms with Crippen molar-refractivity contribution in [1.29, 1.82) is 0 Å². The fourth-order valence-electron chi connectivity index (χ4n) is 5.04. The van der Waals surface area contributed by atoms with Gasteiger partial charge in [-0.3, -0.25) is 9.69 Å². The number of halogens is 1. The molecule has 3 heterocycles. The monoisotopic (exact) mass is 483 g/mol. The summed E-state index contributed by atoms with van der Waals surface area (Å²) in [7, 11) is 3.17. The van der Waals surface area contributed by atoms with E-state index < -0.39 is 11.8 Å². The predicted octanol–water partition coefficient (Wildman–Crippen LogP) is 3.36. The van der Waals surface area contributed by atoms with Gasteiger partial charge in [0.15, 0.2) is 5.79 Å². The lowest BCUT2D eigenvalue weighted by Gasteiger charge is -2.37. The zero-order chi connectivity index (χ0) is 24.4. The highest BCUT2D eigenvalue weighted by Crippen LogP contribution is 2.40. The molecule has 0 saturated carbocycles. The summed E-state index contributed by atoms with van der Waals surface area (Å²) in [5.74, 6) is 0.240. The molecule has 0 bridgehead atoms. The van der Waals surface area contributed by atoms with Crippen molar-refractivity contribution in [2.24, 2.45) is 5.10 Å². The van der Waals surface area contributed by atoms with Crippen LogP contribution in [0.5, 0.6) is 11.5 Å². The normalized spacial score (nSPS) is 21.9. The molecule has 3 aliphatic heterocycles. The van der Waals surface area contributed by atoms with E-state index >= 15 is 0 Å². The highest BCUT2D eigenvalue weighted by Gasteiger charge is 2.41. The van der Waals surface area contributed by atoms with E-state index in [0.717, 1.165) is 18.4 Å². The predicted molar refractivity (Wildman–Crippen MR) is 127 cm³/mol. The average molecular weight is 484 g/mol. The molecule has 0 aliphatic carbocycles. The van der Waals surface area contributed by atoms with Crippen molar-refractivity contribution in [2.75, 3.05) is 47.1 Å². The third kappa shape index (κ3) is 4.76. The smallest absolute Gasteiger partial charge is 0.257 e. The summed E-state index contributed by atoms with van der Waals surface area (Å²) in [5, 5.41) is 6.11. The number of carbonyl (C=O) groups is 1. The number of piperidine rings is 1. The number of carbonyl (C=O) groups excluding carboxylic acids is 1. The Labute approximate surface area is 204 Å². The fraction of sp³-hybridized carbons (Fsp3) is 0.462. The number of hydrazone groups is 1. The van der Waals surface area contributed by atoms with E-state index in [2.05, 4.69) is 10.0 Å². The zero-order valence-electron chi connectivity index (χ0n) is 20.0. The molecule has 2 saturated heterocycles. The highest BCUT2D eigenvalue weighted by molar-refractivity contribution is 6.03. The highest BCUT2D eigenvalue weighted by atomic mass is 19.1. The first-order valence-electron chi connectivity index (χ1n) is 11.9. The van der Waals surface area contributed by atoms with Crippen molar-refractivity contribution in [3.05, 3.63) is 59.4 Å². The number of ether oxygens (including phenoxy) is 4. The number of methoxy groups -OCH3 is 2. The lowest BCUT2D eigenvalue weighted by molar-refractivity contribution is -0.186. The Balaban J connectivity index is 1.41. The van der Waals surface area contributed by atoms with Gasteiger partial charge in [0, 0.05) is 43.5 Å². The molecule has 8 nitrogen and oxygen atoms in total. The van der Waals surface area contributed by atoms with Gasteiger partial charge in [-0.1, -0.05) is 18.2 Å². The number of benzene rings is 2. The fourth-order valence-corrected chi connectivity index (χ4v) is 5.04. The van der Waals surface area contributed by atoms with E-state index in [1.807, 2.05) is 12.1 Å². The van der Waals surface area contributed by atoms with Crippen molar-refractivity contribution < 1.29 is 28.1 Å². The summed E-state index contributed by atoms with van der Waals surface area (Å²) in [6, 6.07) is 11.5. The first-order chi connectivity index (χ1) is 17.0. The van der Waals surface area contributed by atoms with Gasteiger partial charge in [0.25, 0.3) is 5.91 Å². The molecular weight excluding hydrogens is 453 g/mol. The minimum atomic E-state index is -0.500. The molecular formula is C26H30FN3O5. The summed E-state index contributed by atoms with van der Waals surface area (Å²) >= 11 is 0. The van der Waals surface area contributed by atoms with Crippen LogP contribution in [0.3, 0.4) is 0 Å². The molecule has 1 spiro atoms. The van der Waals surface area contributed by atoms with Gasteiger partial charge in [0.2, 0.25) is 0 Å². The molecule has 9 heteroatoms. The van der Waals surface area contributed by atoms with E-state index in [4.69, 9.17) is 18.9 Å². The lowest BCUT2D eigenvalue weighted by atomic mass is 9.97. The summed E-state index contributed by atoms with van der Waals surface area (Å²) in [6.07, 6.45) is 1.80. The molecule has 0 aromatic heterocycles. The van der Waals surface area contributed by atoms with Gasteiger partial charge in [0.05, 0.1) is 45.7 Å². The van der Waals surface area contributed by atoms with E-state index in [1.54, 1.807) is 38.5 Å². The average Bonchev–Trinajstić information content (AvgIpc) is 3.53. The number of hydrogen-bond donors (Lipinski definition) is 0. The second kappa shape index (κ2) is 9.93. The van der Waals surface area contributed by atoms with Crippen molar-refractivity contribution in [3.8, 4) is 11.5 Å². The maximum Gasteiger partial charge on any atom is 0.257 e. The lowest BCUT2D eigenvalue weighted by Crippen LogP contribution is -2.48. The second-order valence-electron chi connectivity index (χ2n) is 8.98. The Morgan fingerprint density at radius 2 is 1.86 bits per heavy atom. The van der Waals surface area contributed by atoms with Gasteiger partial charge in [0.1, 0.15) is 17.3 Å². The zero-order valence-corrected chi connectivity index (χ0v) is 20.0. The van der Waals surface area contributed by atoms with Gasteiger partial charge >= 0.3 is 0 Å². The molecule has 3 aliphatic rings. The molecule has 1 atom stereocenters. The van der Waals surface area contributed by atoms with E-state index in [0.29, 0.717) is 55.5 Å². The third-order valence-corrected chi connectivity index (χ3v) is 6.94. The van der Waals surface area contributed by atoms with E-state index in [1.165, 1.54) is 11.1 Å². The molecule has 2 aromatic carbocycles. The molecule has 5 rings (SSSR count). The van der Waals surface area contributed by atoms with Crippen molar-refractivity contribution in [2.45, 2.75) is 31.1 Å². The van der Waals surface area contributed by atoms with Crippen molar-refractivity contribution in [3.63, 3.8) is 0 Å². The Morgan fingerprint density at radius 1 is 1.11 bits per heavy atom. The van der Waals surface area contributed by atoms with Gasteiger partial charge in [-0.15, -0.1) is 0 Å². The van der Waals surface area contributed by atoms with Crippen LogP contribution in [-0.2, 0) is 14.3 Å². The summed E-state index contributed by atoms with van der Waals surface area (Å²) in [5.41, 5.74) is 1.68. The standard InChI is InChI=1S/C26H30FN3O5/c1-32-18-7-8-24(33-2)20(15-18)23-16-22(19-5-3-4-6-21(19)27)28-30(23)25(31)17-29-11-9-26(10-12-29)34-13-14-35-26/h3-8,15,23H,9-14,16-17H2,1-2H3. The number of amides is 1. The number of likely N-dealkylation sites (tertiary alicyclic amines) is 1. The van der Waals surface area contributed by atoms with Crippen LogP contribution in [0.2, 0.25) is 0 Å². The third-order valence-electron chi connectivity index (χ3n) is 6.94. The first-order valence-corrected chi connectivity index (χ1v) is 11.9. The molecule has 1 unspecified atom stereocenters. The summed E-state index contributed by atoms with van der Waals surface area (Å²) in [4.78, 5) is 15.7. The van der Waals surface area contributed by atoms with Crippen molar-refractivity contribution >= 4 is 11.6 Å². The van der Waals surface area contributed by atoms with Crippen LogP contribution in [0.1, 0.15) is 36.4 Å². The van der Waals surface area contributed by atoms with Gasteiger partial charge in [-0.25, -0.2) is 9.40 Å². The molecule has 2 aromatic rings. The van der Waals surface area contributed by atoms with Gasteiger partial charge < -0.3 is 18.9 Å². The minimum Gasteiger partial charge on any atom is -0.497 e. The van der Waals surface area contributed by atoms with Crippen LogP contribution in [0, 0.1) is 5.82 Å². The van der Waals surface area contributed by atoms with Crippen molar-refractivity contribution in [1.82, 2.24) is 9.91 Å². The SMILES string of the molecule is COc1ccc(OC)c(C2CC(c3ccccc3F)=NN2C(=O)CN2CCC3(CC2)OCCO3)c1. The van der Waals surface area contributed by atoms with Crippen LogP contribution in [0.25, 0.3) is 0 Å². The molecule has 0 N–H and O–H groups in total. The van der Waals surface area contributed by atoms with Gasteiger partial charge in [-0.2, -0.15) is 5.10 Å². The van der Waals surface area contributed by atoms with Crippen LogP contribution >= 0.6 is 0 Å². The summed E-state index contributed by atoms with van der Waals surface area (Å²) < 4.78 is 37.2. The largest absolute Gasteiger partial charge is 0.497 e. The maximum absolute atomic E-state index is 14.6. The van der Waals surface area contributed by atoms with Crippen LogP contribution in [-0.4, -0.2) is 74.4 Å². The molecule has 2 fully saturated rings. The molecule has 35 heavy (non-hydrogen) atoms. The van der Waals surface area contributed by atoms with Crippen LogP contribution in [0.4, 0.5) is 4.39 Å². The molecule has 0 radical (unpaired) electrons. The maximum atomic E-state index is 14.6. The first kappa shape index (κ1) is 23.7. The Hall–Kier alpha value is -3.01. The quantitative estimate of drug-likeness (QED) is 0.628. The summed E-state index contributed by atoms with van der Waals surface area (Å²) in [6.45, 7) is 2.81. The van der Waals surface area contributed by atoms with E-state index in [-0.39, 0.29) is 18.3 Å². The topological polar surface area (TPSA) is 72.8 Å². The van der Waals surface area contributed by atoms with Crippen LogP contribution in [0.15, 0.2) is 47.6 Å². The number of hydrogen-bond acceptors (Lipinski definition) is 7. The molecule has 186 valence electrons. The Bertz CT molecular complexity index is 1110. The van der Waals surface area contributed by atoms with E-state index in [9.17, 15) is 9.18 Å². The van der Waals surface area contributed by atoms with Crippen LogP contribution < -0.4 is 9.47 Å². The molecule has 1 amide bonds.